The van der Waals surface area contributed by atoms with Gasteiger partial charge in [-0.1, -0.05) is 12.1 Å². The SMILES string of the molecule is Cc1ccc(C)c(OCC(C)(CN)N(C)C)c1C. The molecule has 1 unspecified atom stereocenters. The molecule has 3 nitrogen and oxygen atoms in total. The van der Waals surface area contributed by atoms with Crippen molar-refractivity contribution in [2.45, 2.75) is 33.2 Å². The second-order valence-corrected chi connectivity index (χ2v) is 5.54. The number of likely N-dealkylation sites (N-methyl/N-ethyl adjacent to an activating group) is 1. The van der Waals surface area contributed by atoms with Crippen LogP contribution in [0.5, 0.6) is 5.75 Å². The molecule has 0 bridgehead atoms. The Morgan fingerprint density at radius 2 is 1.72 bits per heavy atom. The molecule has 2 N–H and O–H groups in total. The van der Waals surface area contributed by atoms with Gasteiger partial charge in [-0.2, -0.15) is 0 Å². The van der Waals surface area contributed by atoms with Crippen LogP contribution in [0.3, 0.4) is 0 Å². The average molecular weight is 250 g/mol. The Morgan fingerprint density at radius 3 is 2.22 bits per heavy atom. The van der Waals surface area contributed by atoms with E-state index in [1.165, 1.54) is 16.7 Å². The van der Waals surface area contributed by atoms with Crippen LogP contribution in [0.25, 0.3) is 0 Å². The van der Waals surface area contributed by atoms with Crippen molar-refractivity contribution in [1.29, 1.82) is 0 Å². The summed E-state index contributed by atoms with van der Waals surface area (Å²) in [6.07, 6.45) is 0. The highest BCUT2D eigenvalue weighted by molar-refractivity contribution is 5.44. The Morgan fingerprint density at radius 1 is 1.17 bits per heavy atom. The molecular formula is C15H26N2O. The lowest BCUT2D eigenvalue weighted by Crippen LogP contribution is -2.52. The van der Waals surface area contributed by atoms with Crippen molar-refractivity contribution in [2.75, 3.05) is 27.2 Å². The van der Waals surface area contributed by atoms with Gasteiger partial charge in [-0.05, 0) is 58.5 Å². The van der Waals surface area contributed by atoms with Crippen LogP contribution in [0, 0.1) is 20.8 Å². The highest BCUT2D eigenvalue weighted by Crippen LogP contribution is 2.26. The van der Waals surface area contributed by atoms with Gasteiger partial charge in [0, 0.05) is 6.54 Å². The molecule has 1 aromatic carbocycles. The van der Waals surface area contributed by atoms with E-state index in [1.807, 2.05) is 14.1 Å². The molecule has 0 saturated carbocycles. The van der Waals surface area contributed by atoms with E-state index in [-0.39, 0.29) is 5.54 Å². The smallest absolute Gasteiger partial charge is 0.125 e. The molecule has 0 aromatic heterocycles. The van der Waals surface area contributed by atoms with Crippen LogP contribution < -0.4 is 10.5 Å². The monoisotopic (exact) mass is 250 g/mol. The molecule has 18 heavy (non-hydrogen) atoms. The zero-order valence-electron chi connectivity index (χ0n) is 12.5. The molecule has 1 rings (SSSR count). The maximum absolute atomic E-state index is 6.04. The van der Waals surface area contributed by atoms with Crippen LogP contribution in [-0.4, -0.2) is 37.7 Å². The summed E-state index contributed by atoms with van der Waals surface area (Å²) in [7, 11) is 4.07. The predicted octanol–water partition coefficient (Wildman–Crippen LogP) is 2.27. The molecule has 0 amide bonds. The summed E-state index contributed by atoms with van der Waals surface area (Å²) < 4.78 is 6.04. The largest absolute Gasteiger partial charge is 0.491 e. The fraction of sp³-hybridized carbons (Fsp3) is 0.600. The number of ether oxygens (including phenoxy) is 1. The van der Waals surface area contributed by atoms with Crippen LogP contribution in [-0.2, 0) is 0 Å². The van der Waals surface area contributed by atoms with Gasteiger partial charge in [0.25, 0.3) is 0 Å². The number of nitrogens with two attached hydrogens (primary N) is 1. The highest BCUT2D eigenvalue weighted by Gasteiger charge is 2.26. The Hall–Kier alpha value is -1.06. The predicted molar refractivity (Wildman–Crippen MR) is 77.3 cm³/mol. The molecule has 3 heteroatoms. The summed E-state index contributed by atoms with van der Waals surface area (Å²) in [5, 5.41) is 0. The Bertz CT molecular complexity index is 415. The van der Waals surface area contributed by atoms with Gasteiger partial charge in [0.05, 0.1) is 5.54 Å². The van der Waals surface area contributed by atoms with Gasteiger partial charge in [0.15, 0.2) is 0 Å². The van der Waals surface area contributed by atoms with Gasteiger partial charge in [-0.3, -0.25) is 4.90 Å². The summed E-state index contributed by atoms with van der Waals surface area (Å²) in [4.78, 5) is 2.12. The van der Waals surface area contributed by atoms with E-state index < -0.39 is 0 Å². The first-order valence-electron chi connectivity index (χ1n) is 6.39. The van der Waals surface area contributed by atoms with E-state index in [9.17, 15) is 0 Å². The van der Waals surface area contributed by atoms with Crippen molar-refractivity contribution in [3.8, 4) is 5.75 Å². The lowest BCUT2D eigenvalue weighted by atomic mass is 10.0. The standard InChI is InChI=1S/C15H26N2O/c1-11-7-8-12(2)14(13(11)3)18-10-15(4,9-16)17(5)6/h7-8H,9-10,16H2,1-6H3. The van der Waals surface area contributed by atoms with E-state index in [4.69, 9.17) is 10.5 Å². The molecule has 0 spiro atoms. The van der Waals surface area contributed by atoms with Crippen LogP contribution in [0.1, 0.15) is 23.6 Å². The zero-order valence-corrected chi connectivity index (χ0v) is 12.5. The molecule has 0 aliphatic carbocycles. The van der Waals surface area contributed by atoms with Gasteiger partial charge >= 0.3 is 0 Å². The molecule has 1 aromatic rings. The number of nitrogens with zero attached hydrogens (tertiary/aromatic N) is 1. The maximum Gasteiger partial charge on any atom is 0.125 e. The maximum atomic E-state index is 6.04. The summed E-state index contributed by atoms with van der Waals surface area (Å²) in [6, 6.07) is 4.23. The van der Waals surface area contributed by atoms with Crippen LogP contribution in [0.15, 0.2) is 12.1 Å². The lowest BCUT2D eigenvalue weighted by molar-refractivity contribution is 0.103. The number of hydrogen-bond acceptors (Lipinski definition) is 3. The first kappa shape index (κ1) is 15.0. The lowest BCUT2D eigenvalue weighted by Gasteiger charge is -2.35. The Kier molecular flexibility index (Phi) is 4.77. The Labute approximate surface area is 111 Å². The van der Waals surface area contributed by atoms with E-state index in [1.54, 1.807) is 0 Å². The van der Waals surface area contributed by atoms with E-state index in [0.717, 1.165) is 5.75 Å². The van der Waals surface area contributed by atoms with E-state index >= 15 is 0 Å². The quantitative estimate of drug-likeness (QED) is 0.871. The van der Waals surface area contributed by atoms with Crippen LogP contribution in [0.2, 0.25) is 0 Å². The summed E-state index contributed by atoms with van der Waals surface area (Å²) in [5.41, 5.74) is 9.37. The third kappa shape index (κ3) is 3.03. The molecule has 0 aliphatic rings. The van der Waals surface area contributed by atoms with E-state index in [2.05, 4.69) is 44.7 Å². The molecule has 0 fully saturated rings. The van der Waals surface area contributed by atoms with E-state index in [0.29, 0.717) is 13.2 Å². The van der Waals surface area contributed by atoms with Crippen molar-refractivity contribution in [1.82, 2.24) is 4.90 Å². The number of benzene rings is 1. The van der Waals surface area contributed by atoms with Crippen molar-refractivity contribution < 1.29 is 4.74 Å². The van der Waals surface area contributed by atoms with Gasteiger partial charge in [-0.25, -0.2) is 0 Å². The second kappa shape index (κ2) is 5.72. The zero-order chi connectivity index (χ0) is 13.9. The van der Waals surface area contributed by atoms with Gasteiger partial charge in [-0.15, -0.1) is 0 Å². The highest BCUT2D eigenvalue weighted by atomic mass is 16.5. The minimum atomic E-state index is -0.136. The van der Waals surface area contributed by atoms with Gasteiger partial charge in [0.2, 0.25) is 0 Å². The first-order valence-corrected chi connectivity index (χ1v) is 6.39. The molecule has 1 atom stereocenters. The third-order valence-corrected chi connectivity index (χ3v) is 3.92. The molecular weight excluding hydrogens is 224 g/mol. The molecule has 0 radical (unpaired) electrons. The Balaban J connectivity index is 2.90. The van der Waals surface area contributed by atoms with Crippen molar-refractivity contribution in [3.63, 3.8) is 0 Å². The van der Waals surface area contributed by atoms with Gasteiger partial charge in [0.1, 0.15) is 12.4 Å². The number of aryl methyl sites for hydroxylation is 2. The summed E-state index contributed by atoms with van der Waals surface area (Å²) in [5.74, 6) is 0.997. The van der Waals surface area contributed by atoms with Gasteiger partial charge < -0.3 is 10.5 Å². The first-order chi connectivity index (χ1) is 8.31. The average Bonchev–Trinajstić information content (AvgIpc) is 2.33. The molecule has 0 saturated heterocycles. The van der Waals surface area contributed by atoms with Crippen molar-refractivity contribution in [3.05, 3.63) is 28.8 Å². The second-order valence-electron chi connectivity index (χ2n) is 5.54. The van der Waals surface area contributed by atoms with Crippen LogP contribution >= 0.6 is 0 Å². The topological polar surface area (TPSA) is 38.5 Å². The fourth-order valence-electron chi connectivity index (χ4n) is 1.75. The molecule has 0 aliphatic heterocycles. The fourth-order valence-corrected chi connectivity index (χ4v) is 1.75. The minimum Gasteiger partial charge on any atom is -0.491 e. The number of rotatable bonds is 5. The van der Waals surface area contributed by atoms with Crippen LogP contribution in [0.4, 0.5) is 0 Å². The number of hydrogen-bond donors (Lipinski definition) is 1. The van der Waals surface area contributed by atoms with Crippen molar-refractivity contribution in [2.24, 2.45) is 5.73 Å². The normalized spacial score (nSPS) is 14.7. The third-order valence-electron chi connectivity index (χ3n) is 3.92. The van der Waals surface area contributed by atoms with Crippen molar-refractivity contribution >= 4 is 0 Å². The molecule has 102 valence electrons. The summed E-state index contributed by atoms with van der Waals surface area (Å²) in [6.45, 7) is 9.58. The molecule has 0 heterocycles. The minimum absolute atomic E-state index is 0.136. The summed E-state index contributed by atoms with van der Waals surface area (Å²) >= 11 is 0.